The lowest BCUT2D eigenvalue weighted by molar-refractivity contribution is -0.122. The quantitative estimate of drug-likeness (QED) is 0.771. The molecular weight excluding hydrogens is 320 g/mol. The number of sulfonamides is 1. The zero-order valence-electron chi connectivity index (χ0n) is 13.0. The predicted octanol–water partition coefficient (Wildman–Crippen LogP) is -0.518. The molecule has 1 fully saturated rings. The van der Waals surface area contributed by atoms with Crippen LogP contribution < -0.4 is 5.32 Å². The Morgan fingerprint density at radius 2 is 1.91 bits per heavy atom. The van der Waals surface area contributed by atoms with Crippen LogP contribution in [0, 0.1) is 0 Å². The van der Waals surface area contributed by atoms with E-state index in [1.54, 1.807) is 4.68 Å². The van der Waals surface area contributed by atoms with Gasteiger partial charge in [-0.15, -0.1) is 5.10 Å². The Bertz CT molecular complexity index is 652. The van der Waals surface area contributed by atoms with Crippen molar-refractivity contribution in [2.45, 2.75) is 44.6 Å². The van der Waals surface area contributed by atoms with E-state index in [-0.39, 0.29) is 18.2 Å². The van der Waals surface area contributed by atoms with Gasteiger partial charge < -0.3 is 5.32 Å². The third-order valence-corrected chi connectivity index (χ3v) is 6.29. The van der Waals surface area contributed by atoms with E-state index in [4.69, 9.17) is 0 Å². The molecule has 1 aromatic rings. The molecule has 0 aromatic carbocycles. The summed E-state index contributed by atoms with van der Waals surface area (Å²) in [6, 6.07) is 0. The van der Waals surface area contributed by atoms with Crippen LogP contribution in [0.2, 0.25) is 0 Å². The second kappa shape index (κ2) is 6.91. The first kappa shape index (κ1) is 16.3. The Morgan fingerprint density at radius 3 is 2.70 bits per heavy atom. The SMILES string of the molecule is O=C(NCCS(=O)(=O)N1CCCC1)[C@H]1CCCCn2nnnc21. The monoisotopic (exact) mass is 342 g/mol. The summed E-state index contributed by atoms with van der Waals surface area (Å²) in [6.07, 6.45) is 4.36. The minimum Gasteiger partial charge on any atom is -0.354 e. The lowest BCUT2D eigenvalue weighted by atomic mass is 10.0. The Hall–Kier alpha value is -1.55. The Balaban J connectivity index is 1.56. The van der Waals surface area contributed by atoms with E-state index in [0.717, 1.165) is 32.2 Å². The average molecular weight is 342 g/mol. The van der Waals surface area contributed by atoms with Crippen molar-refractivity contribution >= 4 is 15.9 Å². The highest BCUT2D eigenvalue weighted by Crippen LogP contribution is 2.23. The molecule has 1 N–H and O–H groups in total. The van der Waals surface area contributed by atoms with Crippen LogP contribution in [-0.4, -0.2) is 64.2 Å². The van der Waals surface area contributed by atoms with Crippen molar-refractivity contribution in [1.82, 2.24) is 29.8 Å². The van der Waals surface area contributed by atoms with Crippen LogP contribution >= 0.6 is 0 Å². The largest absolute Gasteiger partial charge is 0.354 e. The molecule has 128 valence electrons. The molecule has 0 spiro atoms. The van der Waals surface area contributed by atoms with Crippen LogP contribution in [0.3, 0.4) is 0 Å². The first-order valence-electron chi connectivity index (χ1n) is 8.09. The topological polar surface area (TPSA) is 110 Å². The zero-order valence-corrected chi connectivity index (χ0v) is 13.8. The summed E-state index contributed by atoms with van der Waals surface area (Å²) in [4.78, 5) is 12.4. The molecule has 9 nitrogen and oxygen atoms in total. The average Bonchev–Trinajstić information content (AvgIpc) is 3.16. The number of nitrogens with zero attached hydrogens (tertiary/aromatic N) is 5. The summed E-state index contributed by atoms with van der Waals surface area (Å²) in [5.74, 6) is -0.0832. The fraction of sp³-hybridized carbons (Fsp3) is 0.846. The van der Waals surface area contributed by atoms with Crippen LogP contribution in [0.1, 0.15) is 43.8 Å². The van der Waals surface area contributed by atoms with Crippen LogP contribution in [0.5, 0.6) is 0 Å². The molecule has 1 amide bonds. The van der Waals surface area contributed by atoms with Crippen molar-refractivity contribution in [3.63, 3.8) is 0 Å². The number of amides is 1. The van der Waals surface area contributed by atoms with Crippen LogP contribution in [-0.2, 0) is 21.4 Å². The maximum absolute atomic E-state index is 12.4. The van der Waals surface area contributed by atoms with E-state index in [2.05, 4.69) is 20.8 Å². The highest BCUT2D eigenvalue weighted by atomic mass is 32.2. The van der Waals surface area contributed by atoms with Crippen molar-refractivity contribution < 1.29 is 13.2 Å². The van der Waals surface area contributed by atoms with Crippen molar-refractivity contribution in [3.05, 3.63) is 5.82 Å². The highest BCUT2D eigenvalue weighted by molar-refractivity contribution is 7.89. The second-order valence-corrected chi connectivity index (χ2v) is 8.11. The maximum Gasteiger partial charge on any atom is 0.230 e. The fourth-order valence-corrected chi connectivity index (χ4v) is 4.56. The number of carbonyl (C=O) groups excluding carboxylic acids is 1. The molecule has 1 atom stereocenters. The van der Waals surface area contributed by atoms with Crippen LogP contribution in [0.15, 0.2) is 0 Å². The van der Waals surface area contributed by atoms with Crippen LogP contribution in [0.4, 0.5) is 0 Å². The van der Waals surface area contributed by atoms with Gasteiger partial charge in [0.15, 0.2) is 5.82 Å². The third-order valence-electron chi connectivity index (χ3n) is 4.42. The molecule has 0 saturated carbocycles. The van der Waals surface area contributed by atoms with E-state index in [1.165, 1.54) is 4.31 Å². The fourth-order valence-electron chi connectivity index (χ4n) is 3.13. The molecular formula is C13H22N6O3S. The van der Waals surface area contributed by atoms with Gasteiger partial charge in [-0.1, -0.05) is 6.42 Å². The molecule has 1 saturated heterocycles. The molecule has 10 heteroatoms. The molecule has 3 rings (SSSR count). The molecule has 3 heterocycles. The number of nitrogens with one attached hydrogen (secondary N) is 1. The smallest absolute Gasteiger partial charge is 0.230 e. The second-order valence-electron chi connectivity index (χ2n) is 6.02. The zero-order chi connectivity index (χ0) is 16.3. The van der Waals surface area contributed by atoms with Gasteiger partial charge in [-0.2, -0.15) is 0 Å². The molecule has 1 aromatic heterocycles. The first-order valence-corrected chi connectivity index (χ1v) is 9.70. The van der Waals surface area contributed by atoms with Crippen LogP contribution in [0.25, 0.3) is 0 Å². The lowest BCUT2D eigenvalue weighted by Crippen LogP contribution is -2.38. The Kier molecular flexibility index (Phi) is 4.90. The summed E-state index contributed by atoms with van der Waals surface area (Å²) in [6.45, 7) is 2.02. The van der Waals surface area contributed by atoms with Gasteiger partial charge in [0.25, 0.3) is 0 Å². The van der Waals surface area contributed by atoms with Gasteiger partial charge in [0.2, 0.25) is 15.9 Å². The number of aryl methyl sites for hydroxylation is 1. The van der Waals surface area contributed by atoms with Crippen molar-refractivity contribution in [1.29, 1.82) is 0 Å². The predicted molar refractivity (Wildman–Crippen MR) is 82.0 cm³/mol. The number of tetrazole rings is 1. The van der Waals surface area contributed by atoms with Gasteiger partial charge in [-0.05, 0) is 36.1 Å². The van der Waals surface area contributed by atoms with E-state index in [1.807, 2.05) is 0 Å². The minimum absolute atomic E-state index is 0.0591. The Labute approximate surface area is 135 Å². The number of carbonyl (C=O) groups is 1. The highest BCUT2D eigenvalue weighted by Gasteiger charge is 2.29. The van der Waals surface area contributed by atoms with Crippen molar-refractivity contribution in [2.75, 3.05) is 25.4 Å². The standard InChI is InChI=1S/C13H22N6O3S/c20-13(11-5-1-2-9-19-12(11)15-16-17-19)14-6-10-23(21,22)18-7-3-4-8-18/h11H,1-10H2,(H,14,20)/t11-/m0/s1. The summed E-state index contributed by atoms with van der Waals surface area (Å²) in [5.41, 5.74) is 0. The van der Waals surface area contributed by atoms with Gasteiger partial charge >= 0.3 is 0 Å². The number of rotatable bonds is 5. The third kappa shape index (κ3) is 3.69. The van der Waals surface area contributed by atoms with Crippen molar-refractivity contribution in [3.8, 4) is 0 Å². The number of fused-ring (bicyclic) bond motifs is 1. The Morgan fingerprint density at radius 1 is 1.17 bits per heavy atom. The van der Waals surface area contributed by atoms with Gasteiger partial charge in [-0.25, -0.2) is 17.4 Å². The normalized spacial score (nSPS) is 22.5. The van der Waals surface area contributed by atoms with Gasteiger partial charge in [-0.3, -0.25) is 4.79 Å². The molecule has 0 radical (unpaired) electrons. The minimum atomic E-state index is -3.27. The number of aromatic nitrogens is 4. The number of hydrogen-bond acceptors (Lipinski definition) is 6. The van der Waals surface area contributed by atoms with E-state index in [0.29, 0.717) is 25.3 Å². The van der Waals surface area contributed by atoms with E-state index < -0.39 is 15.9 Å². The first-order chi connectivity index (χ1) is 11.1. The van der Waals surface area contributed by atoms with E-state index >= 15 is 0 Å². The molecule has 2 aliphatic heterocycles. The van der Waals surface area contributed by atoms with Gasteiger partial charge in [0.05, 0.1) is 11.7 Å². The molecule has 0 unspecified atom stereocenters. The number of hydrogen-bond donors (Lipinski definition) is 1. The maximum atomic E-state index is 12.4. The summed E-state index contributed by atoms with van der Waals surface area (Å²) >= 11 is 0. The summed E-state index contributed by atoms with van der Waals surface area (Å²) in [7, 11) is -3.27. The molecule has 0 aliphatic carbocycles. The van der Waals surface area contributed by atoms with Gasteiger partial charge in [0, 0.05) is 26.2 Å². The lowest BCUT2D eigenvalue weighted by Gasteiger charge is -2.17. The molecule has 23 heavy (non-hydrogen) atoms. The van der Waals surface area contributed by atoms with E-state index in [9.17, 15) is 13.2 Å². The van der Waals surface area contributed by atoms with Gasteiger partial charge in [0.1, 0.15) is 0 Å². The summed E-state index contributed by atoms with van der Waals surface area (Å²) < 4.78 is 27.5. The molecule has 2 aliphatic rings. The molecule has 0 bridgehead atoms. The summed E-state index contributed by atoms with van der Waals surface area (Å²) in [5, 5.41) is 14.2. The van der Waals surface area contributed by atoms with Crippen molar-refractivity contribution in [2.24, 2.45) is 0 Å².